The molecule has 0 amide bonds. The van der Waals surface area contributed by atoms with Gasteiger partial charge in [0, 0.05) is 6.20 Å². The number of aromatic nitrogens is 2. The van der Waals surface area contributed by atoms with Crippen LogP contribution in [0.3, 0.4) is 0 Å². The summed E-state index contributed by atoms with van der Waals surface area (Å²) in [6.45, 7) is 2.30. The molecule has 88 valence electrons. The van der Waals surface area contributed by atoms with E-state index >= 15 is 0 Å². The summed E-state index contributed by atoms with van der Waals surface area (Å²) in [5.74, 6) is 1.82. The summed E-state index contributed by atoms with van der Waals surface area (Å²) in [5.41, 5.74) is 0.767. The molecular formula is C12H17ClN2O. The van der Waals surface area contributed by atoms with Crippen LogP contribution in [0, 0.1) is 5.92 Å². The monoisotopic (exact) mass is 240 g/mol. The van der Waals surface area contributed by atoms with Crippen LogP contribution >= 0.6 is 11.6 Å². The van der Waals surface area contributed by atoms with E-state index in [1.54, 1.807) is 12.4 Å². The van der Waals surface area contributed by atoms with Crippen molar-refractivity contribution < 1.29 is 4.74 Å². The van der Waals surface area contributed by atoms with Gasteiger partial charge in [0.2, 0.25) is 5.88 Å². The Kier molecular flexibility index (Phi) is 3.99. The van der Waals surface area contributed by atoms with Crippen molar-refractivity contribution in [3.8, 4) is 5.88 Å². The maximum absolute atomic E-state index is 5.81. The van der Waals surface area contributed by atoms with Crippen LogP contribution < -0.4 is 4.74 Å². The highest BCUT2D eigenvalue weighted by atomic mass is 35.5. The summed E-state index contributed by atoms with van der Waals surface area (Å²) in [5, 5.41) is 0. The van der Waals surface area contributed by atoms with E-state index in [-0.39, 0.29) is 0 Å². The second kappa shape index (κ2) is 5.48. The minimum atomic E-state index is 0.302. The average molecular weight is 241 g/mol. The molecule has 1 saturated carbocycles. The minimum absolute atomic E-state index is 0.302. The highest BCUT2D eigenvalue weighted by molar-refractivity contribution is 6.16. The minimum Gasteiger partial charge on any atom is -0.473 e. The fourth-order valence-electron chi connectivity index (χ4n) is 2.03. The van der Waals surface area contributed by atoms with Crippen LogP contribution in [-0.2, 0) is 5.88 Å². The fourth-order valence-corrected chi connectivity index (χ4v) is 2.15. The van der Waals surface area contributed by atoms with Crippen molar-refractivity contribution in [1.82, 2.24) is 9.97 Å². The standard InChI is InChI=1S/C12H17ClN2O/c1-9-2-4-11(5-3-9)16-12-8-14-7-10(6-13)15-12/h7-9,11H,2-6H2,1H3. The van der Waals surface area contributed by atoms with Crippen molar-refractivity contribution in [2.45, 2.75) is 44.6 Å². The van der Waals surface area contributed by atoms with Gasteiger partial charge in [0.25, 0.3) is 0 Å². The van der Waals surface area contributed by atoms with Crippen molar-refractivity contribution in [2.24, 2.45) is 5.92 Å². The molecule has 0 bridgehead atoms. The number of alkyl halides is 1. The molecule has 0 radical (unpaired) electrons. The first-order chi connectivity index (χ1) is 7.78. The van der Waals surface area contributed by atoms with Gasteiger partial charge in [-0.25, -0.2) is 4.98 Å². The molecule has 1 fully saturated rings. The van der Waals surface area contributed by atoms with Crippen molar-refractivity contribution in [3.63, 3.8) is 0 Å². The summed E-state index contributed by atoms with van der Waals surface area (Å²) in [6.07, 6.45) is 8.36. The summed E-state index contributed by atoms with van der Waals surface area (Å²) in [6, 6.07) is 0. The molecular weight excluding hydrogens is 224 g/mol. The first-order valence-corrected chi connectivity index (χ1v) is 6.35. The van der Waals surface area contributed by atoms with Crippen molar-refractivity contribution >= 4 is 11.6 Å². The number of halogens is 1. The molecule has 0 spiro atoms. The van der Waals surface area contributed by atoms with Gasteiger partial charge in [0.05, 0.1) is 17.8 Å². The molecule has 4 heteroatoms. The zero-order valence-electron chi connectivity index (χ0n) is 9.53. The molecule has 1 aliphatic carbocycles. The van der Waals surface area contributed by atoms with Gasteiger partial charge >= 0.3 is 0 Å². The lowest BCUT2D eigenvalue weighted by atomic mass is 9.89. The third-order valence-electron chi connectivity index (χ3n) is 3.05. The Morgan fingerprint density at radius 2 is 2.06 bits per heavy atom. The topological polar surface area (TPSA) is 35.0 Å². The SMILES string of the molecule is CC1CCC(Oc2cncc(CCl)n2)CC1. The first-order valence-electron chi connectivity index (χ1n) is 5.81. The van der Waals surface area contributed by atoms with E-state index in [4.69, 9.17) is 16.3 Å². The summed E-state index contributed by atoms with van der Waals surface area (Å²) < 4.78 is 5.81. The van der Waals surface area contributed by atoms with Crippen molar-refractivity contribution in [3.05, 3.63) is 18.1 Å². The molecule has 0 saturated heterocycles. The molecule has 3 nitrogen and oxygen atoms in total. The second-order valence-corrected chi connectivity index (χ2v) is 4.75. The Morgan fingerprint density at radius 1 is 1.31 bits per heavy atom. The number of hydrogen-bond donors (Lipinski definition) is 0. The van der Waals surface area contributed by atoms with E-state index in [1.165, 1.54) is 12.8 Å². The van der Waals surface area contributed by atoms with Crippen molar-refractivity contribution in [2.75, 3.05) is 0 Å². The first kappa shape index (κ1) is 11.6. The molecule has 1 aliphatic rings. The number of rotatable bonds is 3. The molecule has 1 aromatic heterocycles. The highest BCUT2D eigenvalue weighted by Gasteiger charge is 2.19. The van der Waals surface area contributed by atoms with Gasteiger partial charge in [-0.3, -0.25) is 4.98 Å². The molecule has 16 heavy (non-hydrogen) atoms. The summed E-state index contributed by atoms with van der Waals surface area (Å²) in [7, 11) is 0. The molecule has 0 aliphatic heterocycles. The third kappa shape index (κ3) is 3.08. The van der Waals surface area contributed by atoms with Crippen LogP contribution in [-0.4, -0.2) is 16.1 Å². The van der Waals surface area contributed by atoms with Gasteiger partial charge < -0.3 is 4.74 Å². The van der Waals surface area contributed by atoms with E-state index < -0.39 is 0 Å². The zero-order valence-corrected chi connectivity index (χ0v) is 10.3. The fraction of sp³-hybridized carbons (Fsp3) is 0.667. The number of nitrogens with zero attached hydrogens (tertiary/aromatic N) is 2. The van der Waals surface area contributed by atoms with Gasteiger partial charge in [0.1, 0.15) is 6.10 Å². The van der Waals surface area contributed by atoms with Crippen LogP contribution in [0.4, 0.5) is 0 Å². The van der Waals surface area contributed by atoms with Gasteiger partial charge in [0.15, 0.2) is 0 Å². The molecule has 2 rings (SSSR count). The molecule has 1 heterocycles. The third-order valence-corrected chi connectivity index (χ3v) is 3.32. The van der Waals surface area contributed by atoms with Crippen LogP contribution in [0.1, 0.15) is 38.3 Å². The summed E-state index contributed by atoms with van der Waals surface area (Å²) in [4.78, 5) is 8.35. The Morgan fingerprint density at radius 3 is 2.75 bits per heavy atom. The van der Waals surface area contributed by atoms with E-state index in [0.717, 1.165) is 24.5 Å². The maximum atomic E-state index is 5.81. The van der Waals surface area contributed by atoms with E-state index in [0.29, 0.717) is 17.9 Å². The van der Waals surface area contributed by atoms with Crippen LogP contribution in [0.15, 0.2) is 12.4 Å². The van der Waals surface area contributed by atoms with Gasteiger partial charge in [-0.1, -0.05) is 6.92 Å². The second-order valence-electron chi connectivity index (χ2n) is 4.48. The predicted octanol–water partition coefficient (Wildman–Crippen LogP) is 3.17. The lowest BCUT2D eigenvalue weighted by molar-refractivity contribution is 0.129. The maximum Gasteiger partial charge on any atom is 0.232 e. The number of hydrogen-bond acceptors (Lipinski definition) is 3. The smallest absolute Gasteiger partial charge is 0.232 e. The quantitative estimate of drug-likeness (QED) is 0.762. The zero-order chi connectivity index (χ0) is 11.4. The largest absolute Gasteiger partial charge is 0.473 e. The lowest BCUT2D eigenvalue weighted by Gasteiger charge is -2.26. The van der Waals surface area contributed by atoms with Crippen LogP contribution in [0.5, 0.6) is 5.88 Å². The lowest BCUT2D eigenvalue weighted by Crippen LogP contribution is -2.23. The molecule has 1 aromatic rings. The van der Waals surface area contributed by atoms with Crippen LogP contribution in [0.2, 0.25) is 0 Å². The Balaban J connectivity index is 1.93. The van der Waals surface area contributed by atoms with E-state index in [2.05, 4.69) is 16.9 Å². The summed E-state index contributed by atoms with van der Waals surface area (Å²) >= 11 is 5.70. The van der Waals surface area contributed by atoms with Gasteiger partial charge in [-0.2, -0.15) is 0 Å². The van der Waals surface area contributed by atoms with E-state index in [9.17, 15) is 0 Å². The molecule has 0 aromatic carbocycles. The van der Waals surface area contributed by atoms with Crippen LogP contribution in [0.25, 0.3) is 0 Å². The predicted molar refractivity (Wildman–Crippen MR) is 63.6 cm³/mol. The Labute approximate surface area is 101 Å². The normalized spacial score (nSPS) is 25.4. The Hall–Kier alpha value is -0.830. The Bertz CT molecular complexity index is 338. The molecule has 0 unspecified atom stereocenters. The highest BCUT2D eigenvalue weighted by Crippen LogP contribution is 2.26. The van der Waals surface area contributed by atoms with Crippen molar-refractivity contribution in [1.29, 1.82) is 0 Å². The van der Waals surface area contributed by atoms with Gasteiger partial charge in [-0.05, 0) is 31.6 Å². The number of ether oxygens (including phenoxy) is 1. The average Bonchev–Trinajstić information content (AvgIpc) is 2.32. The van der Waals surface area contributed by atoms with Gasteiger partial charge in [-0.15, -0.1) is 11.6 Å². The van der Waals surface area contributed by atoms with E-state index in [1.807, 2.05) is 0 Å². The molecule has 0 atom stereocenters. The molecule has 0 N–H and O–H groups in total.